The van der Waals surface area contributed by atoms with Crippen LogP contribution in [0.25, 0.3) is 17.2 Å². The zero-order valence-corrected chi connectivity index (χ0v) is 16.3. The maximum absolute atomic E-state index is 13.3. The minimum atomic E-state index is -1.56. The molecule has 3 nitrogen and oxygen atoms in total. The number of aliphatic carboxylic acids is 1. The standard InChI is InChI=1S/C25H25FO3/c26-22(24(28)29)10-15-1-3-19(4-2-15)20-5-6-23(27)21(11-20)25-12-16-7-17(13-25)9-18(8-16)14-25/h1-6,10-11,16-18,27H,7-9,12-14H2,(H,28,29)/b22-10-. The second-order valence-corrected chi connectivity index (χ2v) is 9.35. The van der Waals surface area contributed by atoms with Crippen LogP contribution in [-0.2, 0) is 10.2 Å². The third kappa shape index (κ3) is 3.25. The third-order valence-corrected chi connectivity index (χ3v) is 7.35. The Morgan fingerprint density at radius 3 is 2.03 bits per heavy atom. The number of carboxylic acid groups (broad SMARTS) is 1. The molecule has 0 heterocycles. The van der Waals surface area contributed by atoms with E-state index in [1.807, 2.05) is 18.2 Å². The van der Waals surface area contributed by atoms with Crippen molar-refractivity contribution < 1.29 is 19.4 Å². The molecule has 29 heavy (non-hydrogen) atoms. The molecule has 0 aliphatic heterocycles. The molecule has 0 saturated heterocycles. The molecule has 4 saturated carbocycles. The van der Waals surface area contributed by atoms with Gasteiger partial charge in [0.1, 0.15) is 5.75 Å². The lowest BCUT2D eigenvalue weighted by atomic mass is 9.48. The van der Waals surface area contributed by atoms with Crippen molar-refractivity contribution in [1.29, 1.82) is 0 Å². The Labute approximate surface area is 169 Å². The molecule has 4 fully saturated rings. The van der Waals surface area contributed by atoms with E-state index in [1.165, 1.54) is 38.5 Å². The lowest BCUT2D eigenvalue weighted by Gasteiger charge is -2.57. The monoisotopic (exact) mass is 392 g/mol. The Kier molecular flexibility index (Phi) is 4.27. The lowest BCUT2D eigenvalue weighted by Crippen LogP contribution is -2.48. The van der Waals surface area contributed by atoms with Gasteiger partial charge in [0, 0.05) is 5.56 Å². The van der Waals surface area contributed by atoms with Gasteiger partial charge in [-0.15, -0.1) is 0 Å². The van der Waals surface area contributed by atoms with Crippen molar-refractivity contribution in [2.24, 2.45) is 17.8 Å². The number of halogens is 1. The van der Waals surface area contributed by atoms with Crippen LogP contribution in [0.1, 0.15) is 49.7 Å². The molecule has 2 aromatic carbocycles. The van der Waals surface area contributed by atoms with Gasteiger partial charge in [-0.05, 0) is 96.6 Å². The van der Waals surface area contributed by atoms with Gasteiger partial charge in [0.15, 0.2) is 0 Å². The first-order chi connectivity index (χ1) is 13.9. The molecule has 0 amide bonds. The van der Waals surface area contributed by atoms with Gasteiger partial charge >= 0.3 is 5.97 Å². The first kappa shape index (κ1) is 18.4. The van der Waals surface area contributed by atoms with Gasteiger partial charge in [-0.25, -0.2) is 4.79 Å². The molecule has 4 aliphatic carbocycles. The van der Waals surface area contributed by atoms with E-state index < -0.39 is 11.8 Å². The average molecular weight is 392 g/mol. The van der Waals surface area contributed by atoms with E-state index in [0.29, 0.717) is 11.3 Å². The van der Waals surface area contributed by atoms with Gasteiger partial charge in [0.2, 0.25) is 5.83 Å². The molecule has 150 valence electrons. The molecule has 2 N–H and O–H groups in total. The Hall–Kier alpha value is -2.62. The number of phenols is 1. The fraction of sp³-hybridized carbons (Fsp3) is 0.400. The predicted octanol–water partition coefficient (Wildman–Crippen LogP) is 5.92. The second-order valence-electron chi connectivity index (χ2n) is 9.35. The summed E-state index contributed by atoms with van der Waals surface area (Å²) in [5, 5.41) is 19.4. The Morgan fingerprint density at radius 2 is 1.48 bits per heavy atom. The number of aromatic hydroxyl groups is 1. The highest BCUT2D eigenvalue weighted by molar-refractivity contribution is 5.89. The van der Waals surface area contributed by atoms with Crippen LogP contribution in [0.15, 0.2) is 48.3 Å². The zero-order valence-electron chi connectivity index (χ0n) is 16.3. The van der Waals surface area contributed by atoms with E-state index in [2.05, 4.69) is 6.07 Å². The van der Waals surface area contributed by atoms with E-state index in [1.54, 1.807) is 18.2 Å². The number of hydrogen-bond acceptors (Lipinski definition) is 2. The number of benzene rings is 2. The predicted molar refractivity (Wildman–Crippen MR) is 110 cm³/mol. The number of carboxylic acids is 1. The van der Waals surface area contributed by atoms with Gasteiger partial charge in [-0.3, -0.25) is 0 Å². The molecule has 0 radical (unpaired) electrons. The van der Waals surface area contributed by atoms with Gasteiger partial charge in [0.05, 0.1) is 0 Å². The maximum atomic E-state index is 13.3. The van der Waals surface area contributed by atoms with Crippen molar-refractivity contribution >= 4 is 12.0 Å². The quantitative estimate of drug-likeness (QED) is 0.635. The average Bonchev–Trinajstić information content (AvgIpc) is 2.68. The molecule has 0 atom stereocenters. The maximum Gasteiger partial charge on any atom is 0.364 e. The van der Waals surface area contributed by atoms with Crippen molar-refractivity contribution in [1.82, 2.24) is 0 Å². The van der Waals surface area contributed by atoms with Gasteiger partial charge in [-0.1, -0.05) is 30.3 Å². The highest BCUT2D eigenvalue weighted by Gasteiger charge is 2.52. The smallest absolute Gasteiger partial charge is 0.364 e. The van der Waals surface area contributed by atoms with Crippen molar-refractivity contribution in [2.75, 3.05) is 0 Å². The number of rotatable bonds is 4. The summed E-state index contributed by atoms with van der Waals surface area (Å²) in [5.74, 6) is 0.0802. The molecule has 4 bridgehead atoms. The Morgan fingerprint density at radius 1 is 0.931 bits per heavy atom. The topological polar surface area (TPSA) is 57.5 Å². The highest BCUT2D eigenvalue weighted by atomic mass is 19.1. The second kappa shape index (κ2) is 6.72. The van der Waals surface area contributed by atoms with Gasteiger partial charge < -0.3 is 10.2 Å². The van der Waals surface area contributed by atoms with E-state index in [9.17, 15) is 14.3 Å². The van der Waals surface area contributed by atoms with Crippen LogP contribution in [0.2, 0.25) is 0 Å². The Balaban J connectivity index is 1.48. The van der Waals surface area contributed by atoms with E-state index in [-0.39, 0.29) is 5.41 Å². The van der Waals surface area contributed by atoms with E-state index in [4.69, 9.17) is 5.11 Å². The molecule has 4 aliphatic rings. The van der Waals surface area contributed by atoms with Crippen LogP contribution in [0, 0.1) is 17.8 Å². The molecule has 4 heteroatoms. The first-order valence-electron chi connectivity index (χ1n) is 10.5. The van der Waals surface area contributed by atoms with Crippen molar-refractivity contribution in [2.45, 2.75) is 43.9 Å². The van der Waals surface area contributed by atoms with E-state index in [0.717, 1.165) is 40.5 Å². The van der Waals surface area contributed by atoms with Crippen LogP contribution in [0.4, 0.5) is 4.39 Å². The minimum absolute atomic E-state index is 0.113. The summed E-state index contributed by atoms with van der Waals surface area (Å²) in [6.45, 7) is 0. The molecule has 0 unspecified atom stereocenters. The van der Waals surface area contributed by atoms with Crippen LogP contribution >= 0.6 is 0 Å². The molecule has 0 aromatic heterocycles. The third-order valence-electron chi connectivity index (χ3n) is 7.35. The van der Waals surface area contributed by atoms with Crippen molar-refractivity contribution in [3.8, 4) is 16.9 Å². The molecular formula is C25H25FO3. The number of carbonyl (C=O) groups is 1. The summed E-state index contributed by atoms with van der Waals surface area (Å²) < 4.78 is 13.3. The number of phenolic OH excluding ortho intramolecular Hbond substituents is 1. The summed E-state index contributed by atoms with van der Waals surface area (Å²) in [6, 6.07) is 13.0. The van der Waals surface area contributed by atoms with Gasteiger partial charge in [0.25, 0.3) is 0 Å². The molecule has 0 spiro atoms. The van der Waals surface area contributed by atoms with Crippen molar-refractivity contribution in [3.05, 3.63) is 59.4 Å². The van der Waals surface area contributed by atoms with Crippen molar-refractivity contribution in [3.63, 3.8) is 0 Å². The summed E-state index contributed by atoms with van der Waals surface area (Å²) in [4.78, 5) is 10.7. The molecular weight excluding hydrogens is 367 g/mol. The summed E-state index contributed by atoms with van der Waals surface area (Å²) in [5.41, 5.74) is 3.72. The van der Waals surface area contributed by atoms with Crippen LogP contribution in [-0.4, -0.2) is 16.2 Å². The highest BCUT2D eigenvalue weighted by Crippen LogP contribution is 2.62. The fourth-order valence-corrected chi connectivity index (χ4v) is 6.56. The lowest BCUT2D eigenvalue weighted by molar-refractivity contribution is -0.134. The summed E-state index contributed by atoms with van der Waals surface area (Å²) in [7, 11) is 0. The summed E-state index contributed by atoms with van der Waals surface area (Å²) in [6.07, 6.45) is 8.67. The number of hydrogen-bond donors (Lipinski definition) is 2. The largest absolute Gasteiger partial charge is 0.508 e. The molecule has 6 rings (SSSR count). The fourth-order valence-electron chi connectivity index (χ4n) is 6.56. The van der Waals surface area contributed by atoms with Crippen LogP contribution < -0.4 is 0 Å². The normalized spacial score (nSPS) is 30.5. The van der Waals surface area contributed by atoms with Crippen LogP contribution in [0.3, 0.4) is 0 Å². The first-order valence-corrected chi connectivity index (χ1v) is 10.5. The molecule has 2 aromatic rings. The summed E-state index contributed by atoms with van der Waals surface area (Å²) >= 11 is 0. The van der Waals surface area contributed by atoms with Crippen LogP contribution in [0.5, 0.6) is 5.75 Å². The van der Waals surface area contributed by atoms with E-state index >= 15 is 0 Å². The SMILES string of the molecule is O=C(O)/C(F)=C/c1ccc(-c2ccc(O)c(C34CC5CC(CC(C5)C3)C4)c2)cc1. The van der Waals surface area contributed by atoms with Gasteiger partial charge in [-0.2, -0.15) is 4.39 Å². The Bertz CT molecular complexity index is 954. The zero-order chi connectivity index (χ0) is 20.2. The minimum Gasteiger partial charge on any atom is -0.508 e.